The smallest absolute Gasteiger partial charge is 0.251 e. The molecule has 0 spiro atoms. The molecule has 1 heterocycles. The molecule has 2 amide bonds. The van der Waals surface area contributed by atoms with E-state index >= 15 is 0 Å². The molecule has 0 atom stereocenters. The van der Waals surface area contributed by atoms with Crippen LogP contribution >= 0.6 is 11.6 Å². The minimum Gasteiger partial charge on any atom is -0.355 e. The molecule has 3 rings (SSSR count). The van der Waals surface area contributed by atoms with Crippen molar-refractivity contribution < 1.29 is 9.59 Å². The second-order valence-electron chi connectivity index (χ2n) is 5.75. The van der Waals surface area contributed by atoms with Gasteiger partial charge in [-0.1, -0.05) is 23.7 Å². The van der Waals surface area contributed by atoms with Gasteiger partial charge >= 0.3 is 0 Å². The molecule has 0 saturated heterocycles. The lowest BCUT2D eigenvalue weighted by atomic mass is 10.1. The van der Waals surface area contributed by atoms with Gasteiger partial charge in [0.25, 0.3) is 5.91 Å². The molecule has 2 N–H and O–H groups in total. The Morgan fingerprint density at radius 3 is 2.72 bits per heavy atom. The molecule has 5 nitrogen and oxygen atoms in total. The summed E-state index contributed by atoms with van der Waals surface area (Å²) in [6.07, 6.45) is 1.86. The number of amides is 2. The van der Waals surface area contributed by atoms with Crippen molar-refractivity contribution >= 4 is 40.0 Å². The zero-order chi connectivity index (χ0) is 18.0. The molecule has 128 valence electrons. The van der Waals surface area contributed by atoms with Gasteiger partial charge in [-0.05, 0) is 48.2 Å². The van der Waals surface area contributed by atoms with E-state index < -0.39 is 0 Å². The monoisotopic (exact) mass is 355 g/mol. The van der Waals surface area contributed by atoms with E-state index in [-0.39, 0.29) is 18.4 Å². The number of carbonyl (C=O) groups excluding carboxylic acids is 2. The third-order valence-electron chi connectivity index (χ3n) is 4.13. The number of anilines is 1. The maximum atomic E-state index is 12.4. The average Bonchev–Trinajstić information content (AvgIpc) is 2.98. The van der Waals surface area contributed by atoms with Crippen molar-refractivity contribution in [2.45, 2.75) is 13.5 Å². The zero-order valence-electron chi connectivity index (χ0n) is 14.0. The van der Waals surface area contributed by atoms with Crippen LogP contribution in [0.15, 0.2) is 48.7 Å². The fraction of sp³-hybridized carbons (Fsp3) is 0.158. The average molecular weight is 356 g/mol. The number of fused-ring (bicyclic) bond motifs is 1. The second kappa shape index (κ2) is 6.99. The fourth-order valence-corrected chi connectivity index (χ4v) is 2.96. The Balaban J connectivity index is 1.81. The van der Waals surface area contributed by atoms with Crippen molar-refractivity contribution in [2.75, 3.05) is 12.4 Å². The van der Waals surface area contributed by atoms with Gasteiger partial charge in [0.1, 0.15) is 6.54 Å². The predicted octanol–water partition coefficient (Wildman–Crippen LogP) is 3.60. The molecule has 0 bridgehead atoms. The molecule has 0 aliphatic rings. The number of benzene rings is 2. The van der Waals surface area contributed by atoms with Crippen LogP contribution in [0, 0.1) is 6.92 Å². The molecule has 0 fully saturated rings. The summed E-state index contributed by atoms with van der Waals surface area (Å²) in [6.45, 7) is 1.97. The summed E-state index contributed by atoms with van der Waals surface area (Å²) in [5.74, 6) is -0.353. The third kappa shape index (κ3) is 3.51. The number of carbonyl (C=O) groups is 2. The second-order valence-corrected chi connectivity index (χ2v) is 6.19. The molecule has 0 aliphatic carbocycles. The fourth-order valence-electron chi connectivity index (χ4n) is 2.79. The molecule has 0 unspecified atom stereocenters. The molecule has 25 heavy (non-hydrogen) atoms. The first-order chi connectivity index (χ1) is 12.0. The minimum atomic E-state index is -0.181. The Bertz CT molecular complexity index is 962. The van der Waals surface area contributed by atoms with E-state index in [2.05, 4.69) is 10.6 Å². The van der Waals surface area contributed by atoms with E-state index in [4.69, 9.17) is 11.6 Å². The lowest BCUT2D eigenvalue weighted by molar-refractivity contribution is -0.116. The van der Waals surface area contributed by atoms with Crippen LogP contribution in [0.25, 0.3) is 10.9 Å². The predicted molar refractivity (Wildman–Crippen MR) is 100 cm³/mol. The summed E-state index contributed by atoms with van der Waals surface area (Å²) >= 11 is 6.04. The zero-order valence-corrected chi connectivity index (χ0v) is 14.7. The molecule has 0 saturated carbocycles. The van der Waals surface area contributed by atoms with Crippen molar-refractivity contribution in [3.05, 3.63) is 64.8 Å². The quantitative estimate of drug-likeness (QED) is 0.751. The highest BCUT2D eigenvalue weighted by Gasteiger charge is 2.13. The summed E-state index contributed by atoms with van der Waals surface area (Å²) in [4.78, 5) is 24.3. The summed E-state index contributed by atoms with van der Waals surface area (Å²) in [7, 11) is 1.58. The molecule has 2 aromatic carbocycles. The standard InChI is InChI=1S/C19H18ClN3O2/c1-12-15(19(25)21-2)4-3-5-16(12)22-18(24)11-23-9-8-13-6-7-14(20)10-17(13)23/h3-10H,11H2,1-2H3,(H,21,25)(H,22,24). The summed E-state index contributed by atoms with van der Waals surface area (Å²) in [5, 5.41) is 7.12. The highest BCUT2D eigenvalue weighted by Crippen LogP contribution is 2.22. The number of hydrogen-bond donors (Lipinski definition) is 2. The highest BCUT2D eigenvalue weighted by atomic mass is 35.5. The topological polar surface area (TPSA) is 63.1 Å². The van der Waals surface area contributed by atoms with Gasteiger partial charge in [0.05, 0.1) is 0 Å². The van der Waals surface area contributed by atoms with Crippen LogP contribution in [0.2, 0.25) is 5.02 Å². The van der Waals surface area contributed by atoms with Gasteiger partial charge in [0, 0.05) is 35.0 Å². The van der Waals surface area contributed by atoms with E-state index in [1.807, 2.05) is 42.0 Å². The molecule has 0 aliphatic heterocycles. The van der Waals surface area contributed by atoms with Gasteiger partial charge in [-0.2, -0.15) is 0 Å². The maximum Gasteiger partial charge on any atom is 0.251 e. The third-order valence-corrected chi connectivity index (χ3v) is 4.36. The summed E-state index contributed by atoms with van der Waals surface area (Å²) in [6, 6.07) is 12.8. The van der Waals surface area contributed by atoms with E-state index in [9.17, 15) is 9.59 Å². The molecule has 0 radical (unpaired) electrons. The van der Waals surface area contributed by atoms with Gasteiger partial charge < -0.3 is 15.2 Å². The van der Waals surface area contributed by atoms with Gasteiger partial charge in [0.2, 0.25) is 5.91 Å². The van der Waals surface area contributed by atoms with Crippen LogP contribution in [0.5, 0.6) is 0 Å². The van der Waals surface area contributed by atoms with Crippen LogP contribution in [0.1, 0.15) is 15.9 Å². The minimum absolute atomic E-state index is 0.160. The van der Waals surface area contributed by atoms with Crippen LogP contribution < -0.4 is 10.6 Å². The van der Waals surface area contributed by atoms with Gasteiger partial charge in [0.15, 0.2) is 0 Å². The van der Waals surface area contributed by atoms with Crippen molar-refractivity contribution in [3.63, 3.8) is 0 Å². The first-order valence-electron chi connectivity index (χ1n) is 7.85. The van der Waals surface area contributed by atoms with Crippen LogP contribution in [-0.4, -0.2) is 23.4 Å². The van der Waals surface area contributed by atoms with E-state index in [0.29, 0.717) is 16.3 Å². The van der Waals surface area contributed by atoms with Crippen LogP contribution in [0.4, 0.5) is 5.69 Å². The Morgan fingerprint density at radius 2 is 1.96 bits per heavy atom. The Labute approximate surface area is 150 Å². The number of nitrogens with one attached hydrogen (secondary N) is 2. The van der Waals surface area contributed by atoms with Gasteiger partial charge in [-0.3, -0.25) is 9.59 Å². The van der Waals surface area contributed by atoms with Crippen molar-refractivity contribution in [1.29, 1.82) is 0 Å². The normalized spacial score (nSPS) is 10.7. The molecular formula is C19H18ClN3O2. The Morgan fingerprint density at radius 1 is 1.16 bits per heavy atom. The van der Waals surface area contributed by atoms with Crippen molar-refractivity contribution in [3.8, 4) is 0 Å². The van der Waals surface area contributed by atoms with Crippen molar-refractivity contribution in [1.82, 2.24) is 9.88 Å². The van der Waals surface area contributed by atoms with Gasteiger partial charge in [-0.15, -0.1) is 0 Å². The number of rotatable bonds is 4. The first kappa shape index (κ1) is 17.0. The summed E-state index contributed by atoms with van der Waals surface area (Å²) < 4.78 is 1.84. The van der Waals surface area contributed by atoms with Gasteiger partial charge in [-0.25, -0.2) is 0 Å². The molecular weight excluding hydrogens is 338 g/mol. The lowest BCUT2D eigenvalue weighted by Gasteiger charge is -2.12. The van der Waals surface area contributed by atoms with E-state index in [0.717, 1.165) is 16.5 Å². The number of hydrogen-bond acceptors (Lipinski definition) is 2. The number of halogens is 1. The Hall–Kier alpha value is -2.79. The Kier molecular flexibility index (Phi) is 4.76. The van der Waals surface area contributed by atoms with E-state index in [1.165, 1.54) is 0 Å². The number of aromatic nitrogens is 1. The van der Waals surface area contributed by atoms with E-state index in [1.54, 1.807) is 25.2 Å². The lowest BCUT2D eigenvalue weighted by Crippen LogP contribution is -2.22. The van der Waals surface area contributed by atoms with Crippen LogP contribution in [-0.2, 0) is 11.3 Å². The van der Waals surface area contributed by atoms with Crippen LogP contribution in [0.3, 0.4) is 0 Å². The summed E-state index contributed by atoms with van der Waals surface area (Å²) in [5.41, 5.74) is 2.80. The highest BCUT2D eigenvalue weighted by molar-refractivity contribution is 6.31. The molecule has 1 aromatic heterocycles. The molecule has 3 aromatic rings. The number of nitrogens with zero attached hydrogens (tertiary/aromatic N) is 1. The first-order valence-corrected chi connectivity index (χ1v) is 8.23. The SMILES string of the molecule is CNC(=O)c1cccc(NC(=O)Cn2ccc3ccc(Cl)cc32)c1C. The maximum absolute atomic E-state index is 12.4. The van der Waals surface area contributed by atoms with Crippen molar-refractivity contribution in [2.24, 2.45) is 0 Å². The largest absolute Gasteiger partial charge is 0.355 e. The molecule has 6 heteroatoms.